The zero-order valence-corrected chi connectivity index (χ0v) is 23.3. The molecule has 3 aromatic carbocycles. The van der Waals surface area contributed by atoms with Crippen LogP contribution in [0.5, 0.6) is 0 Å². The number of carbonyl (C=O) groups is 4. The first-order valence-corrected chi connectivity index (χ1v) is 12.9. The molecule has 0 aliphatic carbocycles. The lowest BCUT2D eigenvalue weighted by Crippen LogP contribution is -2.53. The van der Waals surface area contributed by atoms with Gasteiger partial charge in [0.05, 0.1) is 6.42 Å². The number of fused-ring (bicyclic) bond motifs is 1. The zero-order chi connectivity index (χ0) is 29.4. The van der Waals surface area contributed by atoms with Crippen molar-refractivity contribution in [3.63, 3.8) is 0 Å². The van der Waals surface area contributed by atoms with Gasteiger partial charge in [0.25, 0.3) is 5.91 Å². The Labute approximate surface area is 234 Å². The minimum Gasteiger partial charge on any atom is -0.444 e. The summed E-state index contributed by atoms with van der Waals surface area (Å²) in [6, 6.07) is 18.0. The third-order valence-corrected chi connectivity index (χ3v) is 5.97. The number of hydrogen-bond acceptors (Lipinski definition) is 5. The highest BCUT2D eigenvalue weighted by Gasteiger charge is 2.36. The van der Waals surface area contributed by atoms with Crippen LogP contribution in [0.25, 0.3) is 10.8 Å². The lowest BCUT2D eigenvalue weighted by atomic mass is 10.0. The molecule has 2 atom stereocenters. The van der Waals surface area contributed by atoms with Gasteiger partial charge in [-0.1, -0.05) is 66.2 Å². The Kier molecular flexibility index (Phi) is 9.66. The number of rotatable bonds is 10. The Bertz CT molecular complexity index is 1390. The molecule has 0 radical (unpaired) electrons. The molecular weight excluding hydrogens is 508 g/mol. The van der Waals surface area contributed by atoms with E-state index in [0.29, 0.717) is 11.3 Å². The van der Waals surface area contributed by atoms with Gasteiger partial charge in [-0.25, -0.2) is 4.79 Å². The van der Waals surface area contributed by atoms with Crippen molar-refractivity contribution >= 4 is 40.3 Å². The van der Waals surface area contributed by atoms with E-state index in [4.69, 9.17) is 10.5 Å². The van der Waals surface area contributed by atoms with Gasteiger partial charge in [0.2, 0.25) is 11.8 Å². The van der Waals surface area contributed by atoms with E-state index in [1.807, 2.05) is 55.5 Å². The molecule has 0 saturated heterocycles. The number of nitrogens with zero attached hydrogens (tertiary/aromatic N) is 1. The van der Waals surface area contributed by atoms with Crippen LogP contribution >= 0.6 is 0 Å². The van der Waals surface area contributed by atoms with E-state index >= 15 is 0 Å². The summed E-state index contributed by atoms with van der Waals surface area (Å²) in [6.45, 7) is 10.6. The molecule has 4 amide bonds. The van der Waals surface area contributed by atoms with Gasteiger partial charge in [-0.2, -0.15) is 0 Å². The van der Waals surface area contributed by atoms with Gasteiger partial charge in [-0.05, 0) is 56.2 Å². The second-order valence-corrected chi connectivity index (χ2v) is 10.5. The van der Waals surface area contributed by atoms with Crippen LogP contribution in [0, 0.1) is 6.92 Å². The summed E-state index contributed by atoms with van der Waals surface area (Å²) in [5, 5.41) is 7.32. The quantitative estimate of drug-likeness (QED) is 0.321. The highest BCUT2D eigenvalue weighted by atomic mass is 16.6. The summed E-state index contributed by atoms with van der Waals surface area (Å²) >= 11 is 0. The van der Waals surface area contributed by atoms with Crippen molar-refractivity contribution in [2.24, 2.45) is 5.73 Å². The largest absolute Gasteiger partial charge is 0.444 e. The molecule has 0 aliphatic rings. The van der Waals surface area contributed by atoms with Crippen molar-refractivity contribution in [1.29, 1.82) is 0 Å². The standard InChI is InChI=1S/C31H36N4O5/c1-6-17-35(29(38)25(19-26(32)36)34-30(39)40-31(3,4)5)27(22-13-11-20(2)12-14-22)28(37)33-24-16-15-21-9-7-8-10-23(21)18-24/h6-16,18,25,27H,1,17,19H2,2-5H3,(H2,32,36)(H,33,37)(H,34,39). The fraction of sp³-hybridized carbons (Fsp3) is 0.290. The molecule has 3 aromatic rings. The number of alkyl carbamates (subject to hydrolysis) is 1. The third kappa shape index (κ3) is 8.17. The van der Waals surface area contributed by atoms with Gasteiger partial charge >= 0.3 is 6.09 Å². The predicted molar refractivity (Wildman–Crippen MR) is 155 cm³/mol. The SMILES string of the molecule is C=CCN(C(=O)C(CC(N)=O)NC(=O)OC(C)(C)C)C(C(=O)Nc1ccc2ccccc2c1)c1ccc(C)cc1. The van der Waals surface area contributed by atoms with Gasteiger partial charge in [0.15, 0.2) is 0 Å². The molecule has 9 nitrogen and oxygen atoms in total. The number of nitrogens with two attached hydrogens (primary N) is 1. The maximum absolute atomic E-state index is 13.9. The van der Waals surface area contributed by atoms with Crippen molar-refractivity contribution in [3.8, 4) is 0 Å². The number of aryl methyl sites for hydroxylation is 1. The predicted octanol–water partition coefficient (Wildman–Crippen LogP) is 4.61. The molecule has 0 fully saturated rings. The van der Waals surface area contributed by atoms with Gasteiger partial charge in [-0.3, -0.25) is 14.4 Å². The number of benzene rings is 3. The summed E-state index contributed by atoms with van der Waals surface area (Å²) < 4.78 is 5.29. The van der Waals surface area contributed by atoms with Crippen molar-refractivity contribution in [2.75, 3.05) is 11.9 Å². The van der Waals surface area contributed by atoms with E-state index in [2.05, 4.69) is 17.2 Å². The van der Waals surface area contributed by atoms with Crippen LogP contribution < -0.4 is 16.4 Å². The first-order valence-electron chi connectivity index (χ1n) is 12.9. The molecule has 210 valence electrons. The molecule has 2 unspecified atom stereocenters. The van der Waals surface area contributed by atoms with Crippen molar-refractivity contribution in [1.82, 2.24) is 10.2 Å². The van der Waals surface area contributed by atoms with E-state index in [1.165, 1.54) is 11.0 Å². The van der Waals surface area contributed by atoms with Gasteiger partial charge in [0, 0.05) is 12.2 Å². The number of primary amides is 1. The average Bonchev–Trinajstić information content (AvgIpc) is 2.87. The first kappa shape index (κ1) is 29.9. The van der Waals surface area contributed by atoms with E-state index in [-0.39, 0.29) is 6.54 Å². The third-order valence-electron chi connectivity index (χ3n) is 5.97. The second kappa shape index (κ2) is 12.9. The molecular formula is C31H36N4O5. The van der Waals surface area contributed by atoms with Crippen LogP contribution in [0.4, 0.5) is 10.5 Å². The fourth-order valence-corrected chi connectivity index (χ4v) is 4.21. The molecule has 0 aromatic heterocycles. The minimum atomic E-state index is -1.37. The Hall–Kier alpha value is -4.66. The van der Waals surface area contributed by atoms with Crippen molar-refractivity contribution in [2.45, 2.75) is 51.8 Å². The van der Waals surface area contributed by atoms with E-state index in [1.54, 1.807) is 39.0 Å². The Morgan fingerprint density at radius 2 is 1.65 bits per heavy atom. The smallest absolute Gasteiger partial charge is 0.408 e. The Morgan fingerprint density at radius 1 is 1.00 bits per heavy atom. The van der Waals surface area contributed by atoms with Crippen LogP contribution in [0.1, 0.15) is 44.4 Å². The molecule has 0 spiro atoms. The van der Waals surface area contributed by atoms with Crippen LogP contribution in [0.3, 0.4) is 0 Å². The number of carbonyl (C=O) groups excluding carboxylic acids is 4. The molecule has 0 saturated carbocycles. The first-order chi connectivity index (χ1) is 18.9. The summed E-state index contributed by atoms with van der Waals surface area (Å²) in [5.74, 6) is -1.98. The number of amides is 4. The van der Waals surface area contributed by atoms with Crippen molar-refractivity contribution < 1.29 is 23.9 Å². The van der Waals surface area contributed by atoms with Crippen LogP contribution in [0.2, 0.25) is 0 Å². The topological polar surface area (TPSA) is 131 Å². The lowest BCUT2D eigenvalue weighted by molar-refractivity contribution is -0.141. The maximum atomic E-state index is 13.9. The molecule has 40 heavy (non-hydrogen) atoms. The molecule has 0 bridgehead atoms. The summed E-state index contributed by atoms with van der Waals surface area (Å²) in [7, 11) is 0. The number of anilines is 1. The lowest BCUT2D eigenvalue weighted by Gasteiger charge is -2.33. The number of ether oxygens (including phenoxy) is 1. The van der Waals surface area contributed by atoms with E-state index < -0.39 is 47.9 Å². The molecule has 0 heterocycles. The van der Waals surface area contributed by atoms with Gasteiger partial charge in [-0.15, -0.1) is 6.58 Å². The van der Waals surface area contributed by atoms with E-state index in [0.717, 1.165) is 16.3 Å². The molecule has 4 N–H and O–H groups in total. The summed E-state index contributed by atoms with van der Waals surface area (Å²) in [5.41, 5.74) is 6.63. The second-order valence-electron chi connectivity index (χ2n) is 10.5. The fourth-order valence-electron chi connectivity index (χ4n) is 4.21. The zero-order valence-electron chi connectivity index (χ0n) is 23.3. The molecule has 3 rings (SSSR count). The Balaban J connectivity index is 2.00. The molecule has 9 heteroatoms. The number of hydrogen-bond donors (Lipinski definition) is 3. The Morgan fingerprint density at radius 3 is 2.25 bits per heavy atom. The highest BCUT2D eigenvalue weighted by molar-refractivity contribution is 6.01. The number of nitrogens with one attached hydrogen (secondary N) is 2. The van der Waals surface area contributed by atoms with Crippen molar-refractivity contribution in [3.05, 3.63) is 90.5 Å². The summed E-state index contributed by atoms with van der Waals surface area (Å²) in [6.07, 6.45) is 0.0914. The van der Waals surface area contributed by atoms with Crippen LogP contribution in [-0.4, -0.2) is 46.9 Å². The normalized spacial score (nSPS) is 12.6. The monoisotopic (exact) mass is 544 g/mol. The van der Waals surface area contributed by atoms with Gasteiger partial charge in [0.1, 0.15) is 17.7 Å². The van der Waals surface area contributed by atoms with E-state index in [9.17, 15) is 19.2 Å². The van der Waals surface area contributed by atoms with Crippen LogP contribution in [0.15, 0.2) is 79.4 Å². The highest BCUT2D eigenvalue weighted by Crippen LogP contribution is 2.26. The minimum absolute atomic E-state index is 0.0478. The van der Waals surface area contributed by atoms with Gasteiger partial charge < -0.3 is 26.0 Å². The molecule has 0 aliphatic heterocycles. The maximum Gasteiger partial charge on any atom is 0.408 e. The average molecular weight is 545 g/mol. The van der Waals surface area contributed by atoms with Crippen LogP contribution in [-0.2, 0) is 19.1 Å². The summed E-state index contributed by atoms with van der Waals surface area (Å²) in [4.78, 5) is 53.5.